The summed E-state index contributed by atoms with van der Waals surface area (Å²) in [7, 11) is -2.17. The van der Waals surface area contributed by atoms with Gasteiger partial charge in [-0.05, 0) is 73.5 Å². The summed E-state index contributed by atoms with van der Waals surface area (Å²) in [6.07, 6.45) is 4.10. The quantitative estimate of drug-likeness (QED) is 0.469. The maximum Gasteiger partial charge on any atom is 0.267 e. The molecule has 1 aliphatic carbocycles. The van der Waals surface area contributed by atoms with E-state index in [0.29, 0.717) is 28.9 Å². The molecule has 2 fully saturated rings. The molecule has 1 aliphatic heterocycles. The monoisotopic (exact) mass is 558 g/mol. The largest absolute Gasteiger partial charge is 0.489 e. The molecule has 1 saturated carbocycles. The number of hydrogen-bond donors (Lipinski definition) is 1. The average molecular weight is 559 g/mol. The van der Waals surface area contributed by atoms with Crippen LogP contribution >= 0.6 is 23.2 Å². The van der Waals surface area contributed by atoms with Crippen molar-refractivity contribution >= 4 is 39.1 Å². The third-order valence-corrected chi connectivity index (χ3v) is 7.37. The number of halogens is 3. The molecule has 0 aromatic heterocycles. The van der Waals surface area contributed by atoms with E-state index in [1.165, 1.54) is 12.1 Å². The third kappa shape index (κ3) is 6.89. The van der Waals surface area contributed by atoms with Gasteiger partial charge in [-0.1, -0.05) is 23.2 Å². The van der Waals surface area contributed by atoms with Gasteiger partial charge >= 0.3 is 0 Å². The van der Waals surface area contributed by atoms with Gasteiger partial charge in [-0.15, -0.1) is 0 Å². The molecule has 1 heterocycles. The van der Waals surface area contributed by atoms with E-state index in [1.54, 1.807) is 13.2 Å². The van der Waals surface area contributed by atoms with Crippen molar-refractivity contribution in [2.45, 2.75) is 43.7 Å². The van der Waals surface area contributed by atoms with Crippen LogP contribution in [0, 0.1) is 5.82 Å². The molecule has 11 heteroatoms. The number of piperidine rings is 1. The van der Waals surface area contributed by atoms with Gasteiger partial charge < -0.3 is 9.47 Å². The number of sulfonamides is 1. The Bertz CT molecular complexity index is 1220. The fourth-order valence-electron chi connectivity index (χ4n) is 4.65. The van der Waals surface area contributed by atoms with Gasteiger partial charge in [0, 0.05) is 29.8 Å². The van der Waals surface area contributed by atoms with Gasteiger partial charge in [-0.3, -0.25) is 9.69 Å². The number of carbonyl (C=O) groups excluding carboxylic acids is 1. The molecular weight excluding hydrogens is 530 g/mol. The van der Waals surface area contributed by atoms with Crippen LogP contribution in [0.1, 0.15) is 59.1 Å². The van der Waals surface area contributed by atoms with Crippen molar-refractivity contribution in [2.24, 2.45) is 0 Å². The highest BCUT2D eigenvalue weighted by molar-refractivity contribution is 7.89. The van der Waals surface area contributed by atoms with E-state index >= 15 is 0 Å². The number of rotatable bonds is 9. The van der Waals surface area contributed by atoms with Gasteiger partial charge in [0.05, 0.1) is 24.5 Å². The Morgan fingerprint density at radius 1 is 1.17 bits per heavy atom. The average Bonchev–Trinajstić information content (AvgIpc) is 3.61. The van der Waals surface area contributed by atoms with Crippen molar-refractivity contribution in [3.8, 4) is 5.75 Å². The molecule has 0 bridgehead atoms. The van der Waals surface area contributed by atoms with Gasteiger partial charge in [0.25, 0.3) is 5.91 Å². The lowest BCUT2D eigenvalue weighted by Gasteiger charge is -2.38. The summed E-state index contributed by atoms with van der Waals surface area (Å²) in [4.78, 5) is 14.6. The highest BCUT2D eigenvalue weighted by atomic mass is 35.5. The van der Waals surface area contributed by atoms with Crippen LogP contribution in [0.25, 0.3) is 0 Å². The maximum absolute atomic E-state index is 14.9. The minimum absolute atomic E-state index is 0.0840. The summed E-state index contributed by atoms with van der Waals surface area (Å²) in [6.45, 7) is 1.85. The number of nitrogens with one attached hydrogen (secondary N) is 1. The van der Waals surface area contributed by atoms with E-state index in [9.17, 15) is 17.6 Å². The Balaban J connectivity index is 1.55. The smallest absolute Gasteiger partial charge is 0.267 e. The number of nitrogens with zero attached hydrogens (tertiary/aromatic N) is 1. The lowest BCUT2D eigenvalue weighted by Crippen LogP contribution is -2.44. The highest BCUT2D eigenvalue weighted by Gasteiger charge is 2.33. The van der Waals surface area contributed by atoms with Crippen LogP contribution in [-0.4, -0.2) is 58.4 Å². The van der Waals surface area contributed by atoms with Crippen molar-refractivity contribution < 1.29 is 27.1 Å². The van der Waals surface area contributed by atoms with Crippen molar-refractivity contribution in [3.05, 3.63) is 62.9 Å². The zero-order valence-corrected chi connectivity index (χ0v) is 22.4. The predicted molar refractivity (Wildman–Crippen MR) is 137 cm³/mol. The number of likely N-dealkylation sites (tertiary alicyclic amines) is 1. The van der Waals surface area contributed by atoms with E-state index < -0.39 is 21.7 Å². The van der Waals surface area contributed by atoms with Crippen LogP contribution in [0.5, 0.6) is 5.75 Å². The minimum atomic E-state index is -3.82. The van der Waals surface area contributed by atoms with E-state index in [-0.39, 0.29) is 23.6 Å². The number of ether oxygens (including phenoxy) is 2. The number of benzene rings is 2. The second-order valence-corrected chi connectivity index (χ2v) is 12.0. The molecule has 0 radical (unpaired) electrons. The first kappa shape index (κ1) is 27.1. The molecule has 2 aromatic carbocycles. The van der Waals surface area contributed by atoms with E-state index in [1.807, 2.05) is 16.9 Å². The summed E-state index contributed by atoms with van der Waals surface area (Å²) in [5.74, 6) is -1.27. The molecule has 2 atom stereocenters. The fraction of sp³-hybridized carbons (Fsp3) is 0.480. The normalized spacial score (nSPS) is 19.6. The summed E-state index contributed by atoms with van der Waals surface area (Å²) < 4.78 is 51.5. The minimum Gasteiger partial charge on any atom is -0.489 e. The molecular formula is C25H29Cl2FN2O5S. The molecule has 0 spiro atoms. The molecule has 4 rings (SSSR count). The second kappa shape index (κ2) is 11.2. The third-order valence-electron chi connectivity index (χ3n) is 6.38. The molecule has 2 aromatic rings. The Labute approximate surface area is 220 Å². The fourth-order valence-corrected chi connectivity index (χ4v) is 5.64. The topological polar surface area (TPSA) is 84.9 Å². The summed E-state index contributed by atoms with van der Waals surface area (Å²) in [5, 5.41) is 1.10. The van der Waals surface area contributed by atoms with E-state index in [2.05, 4.69) is 4.90 Å². The van der Waals surface area contributed by atoms with Gasteiger partial charge in [0.15, 0.2) is 0 Å². The second-order valence-electron chi connectivity index (χ2n) is 9.40. The van der Waals surface area contributed by atoms with Crippen LogP contribution in [0.3, 0.4) is 0 Å². The van der Waals surface area contributed by atoms with E-state index in [4.69, 9.17) is 32.7 Å². The number of amides is 1. The van der Waals surface area contributed by atoms with Crippen LogP contribution in [0.4, 0.5) is 4.39 Å². The van der Waals surface area contributed by atoms with E-state index in [0.717, 1.165) is 49.6 Å². The molecule has 7 nitrogen and oxygen atoms in total. The van der Waals surface area contributed by atoms with Crippen LogP contribution in [0.15, 0.2) is 30.3 Å². The molecule has 196 valence electrons. The molecule has 1 saturated heterocycles. The first-order valence-electron chi connectivity index (χ1n) is 11.7. The first-order chi connectivity index (χ1) is 17.0. The van der Waals surface area contributed by atoms with Crippen molar-refractivity contribution in [3.63, 3.8) is 0 Å². The van der Waals surface area contributed by atoms with Crippen molar-refractivity contribution in [1.82, 2.24) is 9.62 Å². The standard InChI is InChI=1S/C25H29Cl2FN2O5S/c1-34-14-23(16-8-17(26)10-18(27)9-16)30-7-3-4-19(13-30)35-24-12-22(28)21(11-20(24)15-5-6-15)25(31)29-36(2,32)33/h8-12,15,19,23H,3-7,13-14H2,1-2H3,(H,29,31)/t19?,23-/m0/s1. The van der Waals surface area contributed by atoms with Gasteiger partial charge in [-0.2, -0.15) is 0 Å². The Hall–Kier alpha value is -1.91. The Kier molecular flexibility index (Phi) is 8.46. The first-order valence-corrected chi connectivity index (χ1v) is 14.4. The maximum atomic E-state index is 14.9. The molecule has 2 aliphatic rings. The lowest BCUT2D eigenvalue weighted by atomic mass is 10.0. The highest BCUT2D eigenvalue weighted by Crippen LogP contribution is 2.45. The number of hydrogen-bond acceptors (Lipinski definition) is 6. The van der Waals surface area contributed by atoms with Gasteiger partial charge in [0.2, 0.25) is 10.0 Å². The predicted octanol–water partition coefficient (Wildman–Crippen LogP) is 4.93. The molecule has 1 N–H and O–H groups in total. The molecule has 1 amide bonds. The van der Waals surface area contributed by atoms with Crippen molar-refractivity contribution in [2.75, 3.05) is 33.1 Å². The number of carbonyl (C=O) groups is 1. The Morgan fingerprint density at radius 3 is 2.47 bits per heavy atom. The van der Waals surface area contributed by atoms with Crippen LogP contribution in [0.2, 0.25) is 10.0 Å². The summed E-state index contributed by atoms with van der Waals surface area (Å²) in [5.41, 5.74) is 1.36. The Morgan fingerprint density at radius 2 is 1.86 bits per heavy atom. The zero-order chi connectivity index (χ0) is 26.0. The number of methoxy groups -OCH3 is 1. The molecule has 36 heavy (non-hydrogen) atoms. The molecule has 1 unspecified atom stereocenters. The van der Waals surface area contributed by atoms with Crippen molar-refractivity contribution in [1.29, 1.82) is 0 Å². The summed E-state index contributed by atoms with van der Waals surface area (Å²) in [6, 6.07) is 7.98. The lowest BCUT2D eigenvalue weighted by molar-refractivity contribution is 0.0284. The SMILES string of the molecule is COC[C@@H](c1cc(Cl)cc(Cl)c1)N1CCCC(Oc2cc(F)c(C(=O)NS(C)(=O)=O)cc2C2CC2)C1. The summed E-state index contributed by atoms with van der Waals surface area (Å²) >= 11 is 12.5. The zero-order valence-electron chi connectivity index (χ0n) is 20.1. The van der Waals surface area contributed by atoms with Gasteiger partial charge in [-0.25, -0.2) is 17.5 Å². The van der Waals surface area contributed by atoms with Gasteiger partial charge in [0.1, 0.15) is 17.7 Å². The van der Waals surface area contributed by atoms with Crippen LogP contribution < -0.4 is 9.46 Å². The van der Waals surface area contributed by atoms with Crippen LogP contribution in [-0.2, 0) is 14.8 Å².